The van der Waals surface area contributed by atoms with Crippen LogP contribution in [0.25, 0.3) is 0 Å². The molecule has 0 radical (unpaired) electrons. The van der Waals surface area contributed by atoms with Crippen molar-refractivity contribution in [3.63, 3.8) is 0 Å². The fourth-order valence-electron chi connectivity index (χ4n) is 2.15. The maximum atomic E-state index is 11.9. The summed E-state index contributed by atoms with van der Waals surface area (Å²) in [5.74, 6) is 0.275. The lowest BCUT2D eigenvalue weighted by Crippen LogP contribution is -2.43. The molecule has 0 aromatic carbocycles. The van der Waals surface area contributed by atoms with Gasteiger partial charge in [0.15, 0.2) is 0 Å². The van der Waals surface area contributed by atoms with Gasteiger partial charge in [0.2, 0.25) is 5.91 Å². The summed E-state index contributed by atoms with van der Waals surface area (Å²) in [6.45, 7) is 6.83. The van der Waals surface area contributed by atoms with Crippen molar-refractivity contribution in [2.45, 2.75) is 51.7 Å². The van der Waals surface area contributed by atoms with Gasteiger partial charge in [-0.1, -0.05) is 13.8 Å². The van der Waals surface area contributed by atoms with E-state index in [4.69, 9.17) is 4.74 Å². The molecule has 1 heterocycles. The lowest BCUT2D eigenvalue weighted by Gasteiger charge is -2.32. The molecule has 0 spiro atoms. The minimum atomic E-state index is 0.237. The van der Waals surface area contributed by atoms with E-state index >= 15 is 0 Å². The van der Waals surface area contributed by atoms with Crippen LogP contribution in [0.4, 0.5) is 0 Å². The molecule has 4 heteroatoms. The van der Waals surface area contributed by atoms with E-state index in [2.05, 4.69) is 19.2 Å². The van der Waals surface area contributed by atoms with Gasteiger partial charge in [0.1, 0.15) is 0 Å². The lowest BCUT2D eigenvalue weighted by atomic mass is 10.1. The van der Waals surface area contributed by atoms with Crippen LogP contribution in [-0.2, 0) is 9.53 Å². The maximum Gasteiger partial charge on any atom is 0.222 e. The number of hydrogen-bond donors (Lipinski definition) is 1. The van der Waals surface area contributed by atoms with Crippen LogP contribution in [0.3, 0.4) is 0 Å². The van der Waals surface area contributed by atoms with Crippen molar-refractivity contribution in [1.82, 2.24) is 10.2 Å². The number of amides is 1. The van der Waals surface area contributed by atoms with Gasteiger partial charge in [-0.05, 0) is 25.8 Å². The molecule has 1 N–H and O–H groups in total. The highest BCUT2D eigenvalue weighted by atomic mass is 16.5. The van der Waals surface area contributed by atoms with E-state index in [0.29, 0.717) is 12.5 Å². The molecule has 1 unspecified atom stereocenters. The fourth-order valence-corrected chi connectivity index (χ4v) is 2.15. The molecular formula is C13H26N2O2. The Morgan fingerprint density at radius 2 is 2.29 bits per heavy atom. The van der Waals surface area contributed by atoms with Gasteiger partial charge in [-0.15, -0.1) is 0 Å². The molecule has 0 saturated carbocycles. The average molecular weight is 242 g/mol. The second kappa shape index (κ2) is 7.67. The molecule has 1 fully saturated rings. The quantitative estimate of drug-likeness (QED) is 0.716. The second-order valence-corrected chi connectivity index (χ2v) is 5.05. The highest BCUT2D eigenvalue weighted by Gasteiger charge is 2.22. The van der Waals surface area contributed by atoms with Gasteiger partial charge in [-0.3, -0.25) is 4.79 Å². The number of likely N-dealkylation sites (tertiary alicyclic amines) is 1. The minimum Gasteiger partial charge on any atom is -0.380 e. The summed E-state index contributed by atoms with van der Waals surface area (Å²) in [5.41, 5.74) is 0. The molecule has 1 aliphatic heterocycles. The predicted octanol–water partition coefficient (Wildman–Crippen LogP) is 1.40. The molecule has 4 nitrogen and oxygen atoms in total. The summed E-state index contributed by atoms with van der Waals surface area (Å²) in [5, 5.41) is 3.33. The fraction of sp³-hybridized carbons (Fsp3) is 0.923. The van der Waals surface area contributed by atoms with Crippen molar-refractivity contribution >= 4 is 5.91 Å². The number of piperidine rings is 1. The second-order valence-electron chi connectivity index (χ2n) is 5.05. The third kappa shape index (κ3) is 5.50. The van der Waals surface area contributed by atoms with Crippen molar-refractivity contribution in [2.24, 2.45) is 0 Å². The first-order valence-electron chi connectivity index (χ1n) is 6.67. The van der Waals surface area contributed by atoms with E-state index in [1.807, 2.05) is 4.90 Å². The number of hydrogen-bond acceptors (Lipinski definition) is 3. The van der Waals surface area contributed by atoms with Gasteiger partial charge < -0.3 is 15.0 Å². The van der Waals surface area contributed by atoms with Gasteiger partial charge in [-0.2, -0.15) is 0 Å². The summed E-state index contributed by atoms with van der Waals surface area (Å²) < 4.78 is 5.32. The van der Waals surface area contributed by atoms with Gasteiger partial charge in [0, 0.05) is 32.7 Å². The SMILES string of the molecule is COC1CCCN(C(=O)CCCNC(C)C)C1. The Morgan fingerprint density at radius 3 is 2.94 bits per heavy atom. The Labute approximate surface area is 105 Å². The first kappa shape index (κ1) is 14.5. The molecule has 0 aromatic rings. The summed E-state index contributed by atoms with van der Waals surface area (Å²) in [6.07, 6.45) is 3.95. The van der Waals surface area contributed by atoms with Crippen molar-refractivity contribution in [3.05, 3.63) is 0 Å². The van der Waals surface area contributed by atoms with E-state index in [-0.39, 0.29) is 12.0 Å². The molecule has 1 atom stereocenters. The number of nitrogens with one attached hydrogen (secondary N) is 1. The number of methoxy groups -OCH3 is 1. The van der Waals surface area contributed by atoms with Gasteiger partial charge in [-0.25, -0.2) is 0 Å². The number of carbonyl (C=O) groups is 1. The third-order valence-electron chi connectivity index (χ3n) is 3.18. The molecule has 0 bridgehead atoms. The lowest BCUT2D eigenvalue weighted by molar-refractivity contribution is -0.134. The van der Waals surface area contributed by atoms with Crippen molar-refractivity contribution in [2.75, 3.05) is 26.7 Å². The molecule has 100 valence electrons. The van der Waals surface area contributed by atoms with Crippen molar-refractivity contribution < 1.29 is 9.53 Å². The van der Waals surface area contributed by atoms with Crippen LogP contribution in [0.2, 0.25) is 0 Å². The van der Waals surface area contributed by atoms with Crippen LogP contribution in [0.5, 0.6) is 0 Å². The molecule has 1 rings (SSSR count). The topological polar surface area (TPSA) is 41.6 Å². The average Bonchev–Trinajstić information content (AvgIpc) is 2.34. The third-order valence-corrected chi connectivity index (χ3v) is 3.18. The smallest absolute Gasteiger partial charge is 0.222 e. The van der Waals surface area contributed by atoms with Crippen LogP contribution in [-0.4, -0.2) is 49.7 Å². The zero-order valence-corrected chi connectivity index (χ0v) is 11.4. The standard InChI is InChI=1S/C13H26N2O2/c1-11(2)14-8-4-7-13(16)15-9-5-6-12(10-15)17-3/h11-12,14H,4-10H2,1-3H3. The molecule has 0 aromatic heterocycles. The summed E-state index contributed by atoms with van der Waals surface area (Å²) >= 11 is 0. The highest BCUT2D eigenvalue weighted by molar-refractivity contribution is 5.76. The Balaban J connectivity index is 2.18. The number of rotatable bonds is 6. The molecule has 1 aliphatic rings. The van der Waals surface area contributed by atoms with E-state index < -0.39 is 0 Å². The zero-order chi connectivity index (χ0) is 12.7. The van der Waals surface area contributed by atoms with Crippen molar-refractivity contribution in [1.29, 1.82) is 0 Å². The highest BCUT2D eigenvalue weighted by Crippen LogP contribution is 2.13. The van der Waals surface area contributed by atoms with Gasteiger partial charge in [0.05, 0.1) is 6.10 Å². The van der Waals surface area contributed by atoms with Crippen LogP contribution in [0.15, 0.2) is 0 Å². The molecule has 1 amide bonds. The van der Waals surface area contributed by atoms with Crippen LogP contribution in [0, 0.1) is 0 Å². The van der Waals surface area contributed by atoms with Crippen LogP contribution in [0.1, 0.15) is 39.5 Å². The van der Waals surface area contributed by atoms with Crippen molar-refractivity contribution in [3.8, 4) is 0 Å². The summed E-state index contributed by atoms with van der Waals surface area (Å²) in [6, 6.07) is 0.498. The van der Waals surface area contributed by atoms with Gasteiger partial charge in [0.25, 0.3) is 0 Å². The normalized spacial score (nSPS) is 20.9. The Hall–Kier alpha value is -0.610. The number of ether oxygens (including phenoxy) is 1. The van der Waals surface area contributed by atoms with Gasteiger partial charge >= 0.3 is 0 Å². The van der Waals surface area contributed by atoms with Crippen LogP contribution < -0.4 is 5.32 Å². The van der Waals surface area contributed by atoms with E-state index in [1.54, 1.807) is 7.11 Å². The summed E-state index contributed by atoms with van der Waals surface area (Å²) in [7, 11) is 1.73. The molecule has 17 heavy (non-hydrogen) atoms. The summed E-state index contributed by atoms with van der Waals surface area (Å²) in [4.78, 5) is 13.9. The minimum absolute atomic E-state index is 0.237. The first-order chi connectivity index (χ1) is 8.13. The molecular weight excluding hydrogens is 216 g/mol. The number of nitrogens with zero attached hydrogens (tertiary/aromatic N) is 1. The molecule has 1 saturated heterocycles. The Bertz CT molecular complexity index is 231. The predicted molar refractivity (Wildman–Crippen MR) is 69.0 cm³/mol. The Morgan fingerprint density at radius 1 is 1.53 bits per heavy atom. The first-order valence-corrected chi connectivity index (χ1v) is 6.67. The molecule has 0 aliphatic carbocycles. The van der Waals surface area contributed by atoms with Crippen LogP contribution >= 0.6 is 0 Å². The Kier molecular flexibility index (Phi) is 6.52. The van der Waals surface area contributed by atoms with E-state index in [1.165, 1.54) is 0 Å². The van der Waals surface area contributed by atoms with E-state index in [9.17, 15) is 4.79 Å². The monoisotopic (exact) mass is 242 g/mol. The van der Waals surface area contributed by atoms with E-state index in [0.717, 1.165) is 38.9 Å². The number of carbonyl (C=O) groups excluding carboxylic acids is 1. The largest absolute Gasteiger partial charge is 0.380 e. The zero-order valence-electron chi connectivity index (χ0n) is 11.4. The maximum absolute atomic E-state index is 11.9.